The summed E-state index contributed by atoms with van der Waals surface area (Å²) in [5.74, 6) is 1.20. The summed E-state index contributed by atoms with van der Waals surface area (Å²) >= 11 is 0. The van der Waals surface area contributed by atoms with Crippen molar-refractivity contribution in [3.05, 3.63) is 59.9 Å². The number of pyridine rings is 1. The third kappa shape index (κ3) is 3.23. The summed E-state index contributed by atoms with van der Waals surface area (Å²) in [6.07, 6.45) is 4.77. The Morgan fingerprint density at radius 1 is 1.15 bits per heavy atom. The standard InChI is InChI=1S/C16H15NO3/c1-19-13-8-6-12(16(11-13)20-2)7-9-15(18)14-5-3-4-10-17-14/h3-11H,1-2H3/b9-7+. The quantitative estimate of drug-likeness (QED) is 0.618. The monoisotopic (exact) mass is 269 g/mol. The molecule has 0 atom stereocenters. The Morgan fingerprint density at radius 2 is 2.00 bits per heavy atom. The maximum atomic E-state index is 11.9. The van der Waals surface area contributed by atoms with Gasteiger partial charge < -0.3 is 9.47 Å². The first-order valence-electron chi connectivity index (χ1n) is 6.10. The first-order chi connectivity index (χ1) is 9.74. The molecular weight excluding hydrogens is 254 g/mol. The van der Waals surface area contributed by atoms with Crippen LogP contribution in [0.15, 0.2) is 48.7 Å². The Bertz CT molecular complexity index is 621. The Labute approximate surface area is 117 Å². The molecule has 0 N–H and O–H groups in total. The van der Waals surface area contributed by atoms with Gasteiger partial charge in [0.1, 0.15) is 17.2 Å². The molecule has 4 heteroatoms. The van der Waals surface area contributed by atoms with Gasteiger partial charge in [0.05, 0.1) is 14.2 Å². The average Bonchev–Trinajstić information content (AvgIpc) is 2.53. The highest BCUT2D eigenvalue weighted by Crippen LogP contribution is 2.25. The Balaban J connectivity index is 2.21. The summed E-state index contributed by atoms with van der Waals surface area (Å²) in [7, 11) is 3.17. The van der Waals surface area contributed by atoms with Gasteiger partial charge in [0, 0.05) is 17.8 Å². The van der Waals surface area contributed by atoms with Crippen molar-refractivity contribution < 1.29 is 14.3 Å². The number of nitrogens with zero attached hydrogens (tertiary/aromatic N) is 1. The van der Waals surface area contributed by atoms with E-state index in [-0.39, 0.29) is 5.78 Å². The van der Waals surface area contributed by atoms with Crippen LogP contribution in [0.3, 0.4) is 0 Å². The summed E-state index contributed by atoms with van der Waals surface area (Å²) in [5.41, 5.74) is 1.22. The van der Waals surface area contributed by atoms with E-state index in [9.17, 15) is 4.79 Å². The smallest absolute Gasteiger partial charge is 0.204 e. The lowest BCUT2D eigenvalue weighted by molar-refractivity contribution is 0.104. The van der Waals surface area contributed by atoms with Gasteiger partial charge in [0.2, 0.25) is 5.78 Å². The third-order valence-corrected chi connectivity index (χ3v) is 2.77. The molecule has 102 valence electrons. The summed E-state index contributed by atoms with van der Waals surface area (Å²) < 4.78 is 10.4. The van der Waals surface area contributed by atoms with Gasteiger partial charge in [-0.25, -0.2) is 0 Å². The molecule has 1 aromatic carbocycles. The van der Waals surface area contributed by atoms with Crippen molar-refractivity contribution in [2.45, 2.75) is 0 Å². The average molecular weight is 269 g/mol. The molecule has 0 aliphatic rings. The number of rotatable bonds is 5. The third-order valence-electron chi connectivity index (χ3n) is 2.77. The van der Waals surface area contributed by atoms with E-state index in [1.54, 1.807) is 50.8 Å². The second kappa shape index (κ2) is 6.52. The van der Waals surface area contributed by atoms with Crippen LogP contribution in [0.5, 0.6) is 11.5 Å². The lowest BCUT2D eigenvalue weighted by Gasteiger charge is -2.07. The normalized spacial score (nSPS) is 10.5. The molecule has 0 aliphatic carbocycles. The van der Waals surface area contributed by atoms with Gasteiger partial charge in [0.25, 0.3) is 0 Å². The second-order valence-corrected chi connectivity index (χ2v) is 4.02. The molecule has 4 nitrogen and oxygen atoms in total. The van der Waals surface area contributed by atoms with E-state index in [2.05, 4.69) is 4.98 Å². The molecule has 0 spiro atoms. The molecular formula is C16H15NO3. The minimum absolute atomic E-state index is 0.150. The van der Waals surface area contributed by atoms with Crippen LogP contribution in [0, 0.1) is 0 Å². The largest absolute Gasteiger partial charge is 0.497 e. The number of ketones is 1. The molecule has 0 aliphatic heterocycles. The van der Waals surface area contributed by atoms with Gasteiger partial charge in [-0.15, -0.1) is 0 Å². The van der Waals surface area contributed by atoms with Crippen molar-refractivity contribution in [3.63, 3.8) is 0 Å². The molecule has 0 bridgehead atoms. The first-order valence-corrected chi connectivity index (χ1v) is 6.10. The van der Waals surface area contributed by atoms with Crippen LogP contribution in [0.1, 0.15) is 16.1 Å². The minimum atomic E-state index is -0.150. The molecule has 0 radical (unpaired) electrons. The molecule has 1 heterocycles. The van der Waals surface area contributed by atoms with Crippen molar-refractivity contribution in [1.82, 2.24) is 4.98 Å². The summed E-state index contributed by atoms with van der Waals surface area (Å²) in [5, 5.41) is 0. The molecule has 1 aromatic heterocycles. The lowest BCUT2D eigenvalue weighted by atomic mass is 10.1. The van der Waals surface area contributed by atoms with E-state index in [0.29, 0.717) is 17.2 Å². The number of carbonyl (C=O) groups is 1. The van der Waals surface area contributed by atoms with Gasteiger partial charge >= 0.3 is 0 Å². The number of methoxy groups -OCH3 is 2. The molecule has 2 aromatic rings. The van der Waals surface area contributed by atoms with Crippen molar-refractivity contribution in [2.75, 3.05) is 14.2 Å². The van der Waals surface area contributed by atoms with E-state index >= 15 is 0 Å². The predicted molar refractivity (Wildman–Crippen MR) is 77.1 cm³/mol. The van der Waals surface area contributed by atoms with Crippen LogP contribution in [0.4, 0.5) is 0 Å². The molecule has 0 saturated carbocycles. The first kappa shape index (κ1) is 13.8. The number of carbonyl (C=O) groups excluding carboxylic acids is 1. The van der Waals surface area contributed by atoms with Crippen LogP contribution >= 0.6 is 0 Å². The molecule has 20 heavy (non-hydrogen) atoms. The Hall–Kier alpha value is -2.62. The van der Waals surface area contributed by atoms with Crippen molar-refractivity contribution in [2.24, 2.45) is 0 Å². The number of aromatic nitrogens is 1. The Morgan fingerprint density at radius 3 is 2.65 bits per heavy atom. The zero-order chi connectivity index (χ0) is 14.4. The predicted octanol–water partition coefficient (Wildman–Crippen LogP) is 2.99. The van der Waals surface area contributed by atoms with Gasteiger partial charge in [-0.05, 0) is 36.4 Å². The van der Waals surface area contributed by atoms with E-state index in [1.807, 2.05) is 12.1 Å². The minimum Gasteiger partial charge on any atom is -0.497 e. The van der Waals surface area contributed by atoms with E-state index in [1.165, 1.54) is 6.08 Å². The molecule has 2 rings (SSSR count). The number of hydrogen-bond donors (Lipinski definition) is 0. The second-order valence-electron chi connectivity index (χ2n) is 4.02. The van der Waals surface area contributed by atoms with Crippen LogP contribution < -0.4 is 9.47 Å². The fourth-order valence-electron chi connectivity index (χ4n) is 1.72. The van der Waals surface area contributed by atoms with Gasteiger partial charge in [0.15, 0.2) is 0 Å². The molecule has 0 amide bonds. The zero-order valence-corrected chi connectivity index (χ0v) is 11.4. The van der Waals surface area contributed by atoms with Crippen LogP contribution in [0.2, 0.25) is 0 Å². The van der Waals surface area contributed by atoms with Gasteiger partial charge in [-0.3, -0.25) is 9.78 Å². The van der Waals surface area contributed by atoms with Crippen LogP contribution in [0.25, 0.3) is 6.08 Å². The highest BCUT2D eigenvalue weighted by atomic mass is 16.5. The highest BCUT2D eigenvalue weighted by Gasteiger charge is 2.05. The van der Waals surface area contributed by atoms with Gasteiger partial charge in [-0.2, -0.15) is 0 Å². The fraction of sp³-hybridized carbons (Fsp3) is 0.125. The molecule has 0 fully saturated rings. The number of benzene rings is 1. The van der Waals surface area contributed by atoms with Gasteiger partial charge in [-0.1, -0.05) is 6.07 Å². The van der Waals surface area contributed by atoms with Crippen molar-refractivity contribution in [1.29, 1.82) is 0 Å². The number of hydrogen-bond acceptors (Lipinski definition) is 4. The maximum Gasteiger partial charge on any atom is 0.204 e. The highest BCUT2D eigenvalue weighted by molar-refractivity contribution is 6.05. The van der Waals surface area contributed by atoms with E-state index in [0.717, 1.165) is 5.56 Å². The number of ether oxygens (including phenoxy) is 2. The molecule has 0 unspecified atom stereocenters. The van der Waals surface area contributed by atoms with Crippen LogP contribution in [-0.2, 0) is 0 Å². The Kier molecular flexibility index (Phi) is 4.50. The lowest BCUT2D eigenvalue weighted by Crippen LogP contribution is -1.97. The maximum absolute atomic E-state index is 11.9. The van der Waals surface area contributed by atoms with E-state index < -0.39 is 0 Å². The zero-order valence-electron chi connectivity index (χ0n) is 11.4. The fourth-order valence-corrected chi connectivity index (χ4v) is 1.72. The summed E-state index contributed by atoms with van der Waals surface area (Å²) in [6.45, 7) is 0. The summed E-state index contributed by atoms with van der Waals surface area (Å²) in [6, 6.07) is 10.6. The summed E-state index contributed by atoms with van der Waals surface area (Å²) in [4.78, 5) is 15.9. The van der Waals surface area contributed by atoms with Crippen molar-refractivity contribution in [3.8, 4) is 11.5 Å². The van der Waals surface area contributed by atoms with Crippen LogP contribution in [-0.4, -0.2) is 25.0 Å². The number of allylic oxidation sites excluding steroid dienone is 1. The van der Waals surface area contributed by atoms with E-state index in [4.69, 9.17) is 9.47 Å². The SMILES string of the molecule is COc1ccc(/C=C/C(=O)c2ccccn2)c(OC)c1. The topological polar surface area (TPSA) is 48.4 Å². The molecule has 0 saturated heterocycles. The van der Waals surface area contributed by atoms with Crippen molar-refractivity contribution >= 4 is 11.9 Å².